The Morgan fingerprint density at radius 1 is 1.16 bits per heavy atom. The first-order valence-electron chi connectivity index (χ1n) is 8.32. The Hall–Kier alpha value is -2.60. The summed E-state index contributed by atoms with van der Waals surface area (Å²) in [5.41, 5.74) is 1.06. The van der Waals surface area contributed by atoms with Crippen LogP contribution in [-0.2, 0) is 4.74 Å². The predicted molar refractivity (Wildman–Crippen MR) is 93.7 cm³/mol. The molecular weight excluding hydrogens is 323 g/mol. The maximum Gasteiger partial charge on any atom is 0.253 e. The van der Waals surface area contributed by atoms with Gasteiger partial charge in [-0.1, -0.05) is 18.2 Å². The Morgan fingerprint density at radius 2 is 1.92 bits per heavy atom. The predicted octanol–water partition coefficient (Wildman–Crippen LogP) is 2.47. The van der Waals surface area contributed by atoms with Crippen LogP contribution in [0.2, 0.25) is 0 Å². The molecular formula is C19H21FN2O3. The van der Waals surface area contributed by atoms with Crippen molar-refractivity contribution in [1.29, 1.82) is 0 Å². The molecule has 1 aliphatic heterocycles. The minimum absolute atomic E-state index is 0.308. The Bertz CT molecular complexity index is 703. The normalized spacial score (nSPS) is 14.2. The molecule has 1 fully saturated rings. The summed E-state index contributed by atoms with van der Waals surface area (Å²) in [6.45, 7) is 3.25. The summed E-state index contributed by atoms with van der Waals surface area (Å²) in [5, 5.41) is 2.79. The number of rotatable bonds is 6. The number of ether oxygens (including phenoxy) is 2. The van der Waals surface area contributed by atoms with Gasteiger partial charge in [-0.05, 0) is 30.3 Å². The molecule has 6 heteroatoms. The van der Waals surface area contributed by atoms with E-state index >= 15 is 0 Å². The second kappa shape index (κ2) is 8.48. The number of halogens is 1. The van der Waals surface area contributed by atoms with Crippen molar-refractivity contribution < 1.29 is 18.7 Å². The van der Waals surface area contributed by atoms with Crippen LogP contribution in [-0.4, -0.2) is 45.4 Å². The highest BCUT2D eigenvalue weighted by Crippen LogP contribution is 2.22. The van der Waals surface area contributed by atoms with Crippen molar-refractivity contribution in [3.63, 3.8) is 0 Å². The van der Waals surface area contributed by atoms with Crippen molar-refractivity contribution in [3.8, 4) is 5.75 Å². The van der Waals surface area contributed by atoms with Crippen molar-refractivity contribution in [2.24, 2.45) is 0 Å². The van der Waals surface area contributed by atoms with Crippen LogP contribution < -0.4 is 15.0 Å². The third-order valence-corrected chi connectivity index (χ3v) is 3.95. The Morgan fingerprint density at radius 3 is 2.68 bits per heavy atom. The third kappa shape index (κ3) is 4.70. The number of carbonyl (C=O) groups excluding carboxylic acids is 1. The lowest BCUT2D eigenvalue weighted by atomic mass is 10.1. The number of nitrogens with one attached hydrogen (secondary N) is 1. The molecule has 2 aromatic rings. The minimum atomic E-state index is -0.428. The largest absolute Gasteiger partial charge is 0.492 e. The number of amides is 1. The van der Waals surface area contributed by atoms with Gasteiger partial charge in [-0.3, -0.25) is 4.79 Å². The quantitative estimate of drug-likeness (QED) is 0.818. The highest BCUT2D eigenvalue weighted by Gasteiger charge is 2.19. The Balaban J connectivity index is 1.60. The van der Waals surface area contributed by atoms with Gasteiger partial charge in [-0.15, -0.1) is 0 Å². The monoisotopic (exact) mass is 344 g/mol. The van der Waals surface area contributed by atoms with E-state index < -0.39 is 5.82 Å². The zero-order valence-corrected chi connectivity index (χ0v) is 13.9. The number of hydrogen-bond donors (Lipinski definition) is 1. The van der Waals surface area contributed by atoms with Crippen LogP contribution in [0.1, 0.15) is 10.4 Å². The highest BCUT2D eigenvalue weighted by molar-refractivity contribution is 5.99. The molecule has 0 spiro atoms. The molecule has 5 nitrogen and oxygen atoms in total. The van der Waals surface area contributed by atoms with Gasteiger partial charge in [0.25, 0.3) is 5.91 Å². The number of hydrogen-bond acceptors (Lipinski definition) is 4. The van der Waals surface area contributed by atoms with Crippen LogP contribution in [0, 0.1) is 5.82 Å². The van der Waals surface area contributed by atoms with Crippen molar-refractivity contribution in [2.75, 3.05) is 44.4 Å². The zero-order valence-electron chi connectivity index (χ0n) is 13.9. The van der Waals surface area contributed by atoms with E-state index in [2.05, 4.69) is 5.32 Å². The molecule has 0 aliphatic carbocycles. The summed E-state index contributed by atoms with van der Waals surface area (Å²) in [7, 11) is 0. The second-order valence-corrected chi connectivity index (χ2v) is 5.68. The van der Waals surface area contributed by atoms with Crippen LogP contribution in [0.5, 0.6) is 5.75 Å². The average Bonchev–Trinajstić information content (AvgIpc) is 2.66. The molecule has 0 radical (unpaired) electrons. The third-order valence-electron chi connectivity index (χ3n) is 3.95. The van der Waals surface area contributed by atoms with Gasteiger partial charge in [0, 0.05) is 18.8 Å². The van der Waals surface area contributed by atoms with Crippen molar-refractivity contribution in [2.45, 2.75) is 0 Å². The van der Waals surface area contributed by atoms with Gasteiger partial charge in [-0.25, -0.2) is 4.39 Å². The van der Waals surface area contributed by atoms with Crippen LogP contribution in [0.3, 0.4) is 0 Å². The summed E-state index contributed by atoms with van der Waals surface area (Å²) in [4.78, 5) is 14.5. The minimum Gasteiger partial charge on any atom is -0.492 e. The maximum absolute atomic E-state index is 13.6. The summed E-state index contributed by atoms with van der Waals surface area (Å²) in [6, 6.07) is 13.7. The smallest absolute Gasteiger partial charge is 0.253 e. The van der Waals surface area contributed by atoms with E-state index in [1.807, 2.05) is 35.2 Å². The number of nitrogens with zero attached hydrogens (tertiary/aromatic N) is 1. The molecule has 0 aromatic heterocycles. The van der Waals surface area contributed by atoms with Gasteiger partial charge < -0.3 is 19.7 Å². The lowest BCUT2D eigenvalue weighted by molar-refractivity contribution is 0.0945. The Kier molecular flexibility index (Phi) is 5.85. The van der Waals surface area contributed by atoms with Gasteiger partial charge in [0.2, 0.25) is 0 Å². The molecule has 0 unspecified atom stereocenters. The summed E-state index contributed by atoms with van der Waals surface area (Å²) in [6.07, 6.45) is 0. The maximum atomic E-state index is 13.6. The van der Waals surface area contributed by atoms with E-state index in [9.17, 15) is 9.18 Å². The van der Waals surface area contributed by atoms with Crippen LogP contribution in [0.25, 0.3) is 0 Å². The second-order valence-electron chi connectivity index (χ2n) is 5.68. The van der Waals surface area contributed by atoms with Crippen LogP contribution >= 0.6 is 0 Å². The van der Waals surface area contributed by atoms with E-state index in [0.29, 0.717) is 45.0 Å². The summed E-state index contributed by atoms with van der Waals surface area (Å²) < 4.78 is 24.5. The van der Waals surface area contributed by atoms with Gasteiger partial charge in [0.1, 0.15) is 18.2 Å². The Labute approximate surface area is 146 Å². The lowest BCUT2D eigenvalue weighted by Crippen LogP contribution is -2.38. The number of para-hydroxylation sites is 1. The molecule has 1 aliphatic rings. The summed E-state index contributed by atoms with van der Waals surface area (Å²) in [5.74, 6) is 0.0110. The van der Waals surface area contributed by atoms with Crippen LogP contribution in [0.15, 0.2) is 48.5 Å². The molecule has 2 aromatic carbocycles. The molecule has 0 saturated carbocycles. The molecule has 1 heterocycles. The van der Waals surface area contributed by atoms with E-state index in [1.54, 1.807) is 6.07 Å². The van der Waals surface area contributed by atoms with Crippen molar-refractivity contribution >= 4 is 11.6 Å². The highest BCUT2D eigenvalue weighted by atomic mass is 19.1. The molecule has 132 valence electrons. The summed E-state index contributed by atoms with van der Waals surface area (Å²) >= 11 is 0. The fourth-order valence-electron chi connectivity index (χ4n) is 2.72. The standard InChI is InChI=1S/C19H21FN2O3/c20-15-6-7-18(22-9-12-24-13-10-22)17(14-15)19(23)21-8-11-25-16-4-2-1-3-5-16/h1-7,14H,8-13H2,(H,21,23). The first-order valence-corrected chi connectivity index (χ1v) is 8.32. The van der Waals surface area contributed by atoms with E-state index in [0.717, 1.165) is 11.4 Å². The SMILES string of the molecule is O=C(NCCOc1ccccc1)c1cc(F)ccc1N1CCOCC1. The number of carbonyl (C=O) groups is 1. The van der Waals surface area contributed by atoms with Crippen molar-refractivity contribution in [1.82, 2.24) is 5.32 Å². The number of morpholine rings is 1. The lowest BCUT2D eigenvalue weighted by Gasteiger charge is -2.30. The van der Waals surface area contributed by atoms with Gasteiger partial charge in [-0.2, -0.15) is 0 Å². The zero-order chi connectivity index (χ0) is 17.5. The van der Waals surface area contributed by atoms with Crippen LogP contribution in [0.4, 0.5) is 10.1 Å². The molecule has 0 bridgehead atoms. The van der Waals surface area contributed by atoms with Gasteiger partial charge in [0.05, 0.1) is 25.3 Å². The van der Waals surface area contributed by atoms with Gasteiger partial charge >= 0.3 is 0 Å². The first kappa shape index (κ1) is 17.2. The fourth-order valence-corrected chi connectivity index (χ4v) is 2.72. The van der Waals surface area contributed by atoms with Gasteiger partial charge in [0.15, 0.2) is 0 Å². The molecule has 1 amide bonds. The topological polar surface area (TPSA) is 50.8 Å². The van der Waals surface area contributed by atoms with E-state index in [1.165, 1.54) is 12.1 Å². The number of anilines is 1. The fraction of sp³-hybridized carbons (Fsp3) is 0.316. The molecule has 25 heavy (non-hydrogen) atoms. The van der Waals surface area contributed by atoms with Crippen molar-refractivity contribution in [3.05, 3.63) is 59.9 Å². The molecule has 1 N–H and O–H groups in total. The molecule has 1 saturated heterocycles. The van der Waals surface area contributed by atoms with E-state index in [4.69, 9.17) is 9.47 Å². The first-order chi connectivity index (χ1) is 12.2. The average molecular weight is 344 g/mol. The molecule has 0 atom stereocenters. The molecule has 3 rings (SSSR count). The number of benzene rings is 2. The van der Waals surface area contributed by atoms with E-state index in [-0.39, 0.29) is 5.91 Å².